The summed E-state index contributed by atoms with van der Waals surface area (Å²) in [6.07, 6.45) is 6.12. The zero-order valence-corrected chi connectivity index (χ0v) is 9.75. The topological polar surface area (TPSA) is 37.3 Å². The van der Waals surface area contributed by atoms with Crippen LogP contribution in [0.2, 0.25) is 0 Å². The van der Waals surface area contributed by atoms with E-state index in [4.69, 9.17) is 5.11 Å². The molecular weight excluding hydrogens is 176 g/mol. The highest BCUT2D eigenvalue weighted by Crippen LogP contribution is 2.17. The van der Waals surface area contributed by atoms with Crippen LogP contribution in [0.1, 0.15) is 59.3 Å². The standard InChI is InChI=1S/C12H24O2/c1-4-10(2)6-5-7-11(3)8-9-12(13)14/h10-11H,4-9H2,1-3H3,(H,13,14)/t10-,11-/m0/s1. The average Bonchev–Trinajstić information content (AvgIpc) is 2.14. The van der Waals surface area contributed by atoms with Gasteiger partial charge in [-0.2, -0.15) is 0 Å². The van der Waals surface area contributed by atoms with E-state index in [1.165, 1.54) is 25.7 Å². The summed E-state index contributed by atoms with van der Waals surface area (Å²) < 4.78 is 0. The van der Waals surface area contributed by atoms with Gasteiger partial charge in [0, 0.05) is 6.42 Å². The summed E-state index contributed by atoms with van der Waals surface area (Å²) >= 11 is 0. The normalized spacial score (nSPS) is 15.1. The molecule has 0 rings (SSSR count). The second-order valence-corrected chi connectivity index (χ2v) is 4.48. The summed E-state index contributed by atoms with van der Waals surface area (Å²) in [5, 5.41) is 8.51. The lowest BCUT2D eigenvalue weighted by molar-refractivity contribution is -0.137. The highest BCUT2D eigenvalue weighted by atomic mass is 16.4. The van der Waals surface area contributed by atoms with Gasteiger partial charge in [-0.15, -0.1) is 0 Å². The van der Waals surface area contributed by atoms with E-state index in [0.29, 0.717) is 12.3 Å². The van der Waals surface area contributed by atoms with Gasteiger partial charge in [0.15, 0.2) is 0 Å². The van der Waals surface area contributed by atoms with Gasteiger partial charge in [0.05, 0.1) is 0 Å². The predicted molar refractivity (Wildman–Crippen MR) is 59.3 cm³/mol. The van der Waals surface area contributed by atoms with Crippen LogP contribution in [0.15, 0.2) is 0 Å². The van der Waals surface area contributed by atoms with Crippen molar-refractivity contribution in [2.24, 2.45) is 11.8 Å². The number of rotatable bonds is 8. The molecule has 0 amide bonds. The van der Waals surface area contributed by atoms with Gasteiger partial charge >= 0.3 is 5.97 Å². The van der Waals surface area contributed by atoms with Crippen molar-refractivity contribution in [3.8, 4) is 0 Å². The van der Waals surface area contributed by atoms with Crippen LogP contribution in [0.25, 0.3) is 0 Å². The van der Waals surface area contributed by atoms with Gasteiger partial charge in [0.25, 0.3) is 0 Å². The monoisotopic (exact) mass is 200 g/mol. The van der Waals surface area contributed by atoms with Crippen molar-refractivity contribution in [2.45, 2.75) is 59.3 Å². The summed E-state index contributed by atoms with van der Waals surface area (Å²) in [4.78, 5) is 10.3. The maximum atomic E-state index is 10.3. The third-order valence-electron chi connectivity index (χ3n) is 2.94. The fourth-order valence-electron chi connectivity index (χ4n) is 1.53. The molecule has 0 aromatic heterocycles. The van der Waals surface area contributed by atoms with Gasteiger partial charge in [-0.05, 0) is 18.3 Å². The van der Waals surface area contributed by atoms with Crippen molar-refractivity contribution in [3.05, 3.63) is 0 Å². The molecule has 0 spiro atoms. The second kappa shape index (κ2) is 7.84. The molecule has 0 aromatic rings. The van der Waals surface area contributed by atoms with Crippen LogP contribution in [0.4, 0.5) is 0 Å². The largest absolute Gasteiger partial charge is 0.481 e. The minimum absolute atomic E-state index is 0.324. The summed E-state index contributed by atoms with van der Waals surface area (Å²) in [6.45, 7) is 6.65. The number of hydrogen-bond acceptors (Lipinski definition) is 1. The summed E-state index contributed by atoms with van der Waals surface area (Å²) in [6, 6.07) is 0. The van der Waals surface area contributed by atoms with Gasteiger partial charge < -0.3 is 5.11 Å². The third-order valence-corrected chi connectivity index (χ3v) is 2.94. The molecule has 14 heavy (non-hydrogen) atoms. The van der Waals surface area contributed by atoms with E-state index in [-0.39, 0.29) is 0 Å². The Morgan fingerprint density at radius 1 is 1.14 bits per heavy atom. The van der Waals surface area contributed by atoms with Crippen molar-refractivity contribution in [3.63, 3.8) is 0 Å². The number of aliphatic carboxylic acids is 1. The van der Waals surface area contributed by atoms with E-state index in [1.807, 2.05) is 0 Å². The Labute approximate surface area is 87.7 Å². The molecule has 0 bridgehead atoms. The molecule has 0 saturated carbocycles. The fraction of sp³-hybridized carbons (Fsp3) is 0.917. The third kappa shape index (κ3) is 8.09. The molecule has 84 valence electrons. The van der Waals surface area contributed by atoms with Gasteiger partial charge in [-0.1, -0.05) is 46.5 Å². The Balaban J connectivity index is 3.35. The smallest absolute Gasteiger partial charge is 0.303 e. The van der Waals surface area contributed by atoms with Crippen LogP contribution in [0, 0.1) is 11.8 Å². The first-order valence-corrected chi connectivity index (χ1v) is 5.78. The van der Waals surface area contributed by atoms with Crippen LogP contribution in [-0.2, 0) is 4.79 Å². The van der Waals surface area contributed by atoms with E-state index in [9.17, 15) is 4.79 Å². The van der Waals surface area contributed by atoms with E-state index in [2.05, 4.69) is 20.8 Å². The summed E-state index contributed by atoms with van der Waals surface area (Å²) in [7, 11) is 0. The van der Waals surface area contributed by atoms with E-state index < -0.39 is 5.97 Å². The minimum atomic E-state index is -0.668. The van der Waals surface area contributed by atoms with Crippen molar-refractivity contribution in [1.82, 2.24) is 0 Å². The quantitative estimate of drug-likeness (QED) is 0.648. The molecule has 0 aliphatic carbocycles. The Kier molecular flexibility index (Phi) is 7.54. The molecule has 2 nitrogen and oxygen atoms in total. The first-order chi connectivity index (χ1) is 6.56. The zero-order valence-electron chi connectivity index (χ0n) is 9.75. The van der Waals surface area contributed by atoms with Crippen LogP contribution in [-0.4, -0.2) is 11.1 Å². The molecule has 0 aliphatic heterocycles. The Morgan fingerprint density at radius 2 is 1.71 bits per heavy atom. The van der Waals surface area contributed by atoms with Gasteiger partial charge in [0.2, 0.25) is 0 Å². The van der Waals surface area contributed by atoms with Crippen molar-refractivity contribution >= 4 is 5.97 Å². The molecule has 0 heterocycles. The molecule has 0 radical (unpaired) electrons. The lowest BCUT2D eigenvalue weighted by atomic mass is 9.94. The van der Waals surface area contributed by atoms with Crippen LogP contribution < -0.4 is 0 Å². The van der Waals surface area contributed by atoms with Crippen LogP contribution in [0.5, 0.6) is 0 Å². The maximum Gasteiger partial charge on any atom is 0.303 e. The molecule has 1 N–H and O–H groups in total. The molecule has 0 unspecified atom stereocenters. The molecule has 0 aromatic carbocycles. The lowest BCUT2D eigenvalue weighted by Crippen LogP contribution is -2.02. The molecule has 0 fully saturated rings. The molecule has 2 atom stereocenters. The Bertz CT molecular complexity index is 154. The number of carbonyl (C=O) groups is 1. The number of hydrogen-bond donors (Lipinski definition) is 1. The number of carboxylic acids is 1. The first-order valence-electron chi connectivity index (χ1n) is 5.78. The van der Waals surface area contributed by atoms with E-state index >= 15 is 0 Å². The van der Waals surface area contributed by atoms with Gasteiger partial charge in [-0.3, -0.25) is 4.79 Å². The maximum absolute atomic E-state index is 10.3. The van der Waals surface area contributed by atoms with Crippen LogP contribution in [0.3, 0.4) is 0 Å². The van der Waals surface area contributed by atoms with Gasteiger partial charge in [0.1, 0.15) is 0 Å². The van der Waals surface area contributed by atoms with Crippen molar-refractivity contribution < 1.29 is 9.90 Å². The highest BCUT2D eigenvalue weighted by molar-refractivity contribution is 5.66. The SMILES string of the molecule is CC[C@H](C)CCC[C@H](C)CCC(=O)O. The second-order valence-electron chi connectivity index (χ2n) is 4.48. The van der Waals surface area contributed by atoms with E-state index in [1.54, 1.807) is 0 Å². The van der Waals surface area contributed by atoms with Gasteiger partial charge in [-0.25, -0.2) is 0 Å². The first kappa shape index (κ1) is 13.5. The molecule has 0 saturated heterocycles. The molecular formula is C12H24O2. The zero-order chi connectivity index (χ0) is 11.0. The average molecular weight is 200 g/mol. The Morgan fingerprint density at radius 3 is 2.21 bits per heavy atom. The Hall–Kier alpha value is -0.530. The molecule has 2 heteroatoms. The highest BCUT2D eigenvalue weighted by Gasteiger charge is 2.06. The van der Waals surface area contributed by atoms with Crippen molar-refractivity contribution in [1.29, 1.82) is 0 Å². The van der Waals surface area contributed by atoms with E-state index in [0.717, 1.165) is 12.3 Å². The number of carboxylic acid groups (broad SMARTS) is 1. The lowest BCUT2D eigenvalue weighted by Gasteiger charge is -2.12. The summed E-state index contributed by atoms with van der Waals surface area (Å²) in [5.41, 5.74) is 0. The molecule has 0 aliphatic rings. The fourth-order valence-corrected chi connectivity index (χ4v) is 1.53. The van der Waals surface area contributed by atoms with Crippen LogP contribution >= 0.6 is 0 Å². The van der Waals surface area contributed by atoms with Crippen molar-refractivity contribution in [2.75, 3.05) is 0 Å². The predicted octanol–water partition coefficient (Wildman–Crippen LogP) is 3.70. The summed E-state index contributed by atoms with van der Waals surface area (Å²) in [5.74, 6) is 0.718. The minimum Gasteiger partial charge on any atom is -0.481 e.